The number of carbonyl (C=O) groups is 1. The number of rotatable bonds is 2. The van der Waals surface area contributed by atoms with Crippen LogP contribution in [0, 0.1) is 21.8 Å². The molecule has 2 aliphatic carbocycles. The molecule has 5 nitrogen and oxygen atoms in total. The van der Waals surface area contributed by atoms with Crippen molar-refractivity contribution in [2.75, 3.05) is 0 Å². The van der Waals surface area contributed by atoms with Crippen molar-refractivity contribution in [3.05, 3.63) is 45.8 Å². The molecule has 1 aromatic carbocycles. The number of ketones is 1. The van der Waals surface area contributed by atoms with Crippen molar-refractivity contribution < 1.29 is 19.2 Å². The highest BCUT2D eigenvalue weighted by atomic mass is 19.1. The number of benzene rings is 1. The van der Waals surface area contributed by atoms with Crippen molar-refractivity contribution in [1.82, 2.24) is 0 Å². The first-order chi connectivity index (χ1) is 9.47. The Bertz CT molecular complexity index is 590. The van der Waals surface area contributed by atoms with Crippen LogP contribution in [0.2, 0.25) is 0 Å². The molecule has 0 aliphatic heterocycles. The molecule has 2 bridgehead atoms. The zero-order valence-corrected chi connectivity index (χ0v) is 10.7. The summed E-state index contributed by atoms with van der Waals surface area (Å²) in [5, 5.41) is 21.8. The zero-order valence-electron chi connectivity index (χ0n) is 10.7. The molecule has 0 radical (unpaired) electrons. The minimum Gasteiger partial charge on any atom is -0.376 e. The second kappa shape index (κ2) is 4.34. The second-order valence-corrected chi connectivity index (χ2v) is 5.56. The maximum Gasteiger partial charge on any atom is 0.255 e. The van der Waals surface area contributed by atoms with E-state index in [4.69, 9.17) is 0 Å². The van der Waals surface area contributed by atoms with Crippen molar-refractivity contribution in [1.29, 1.82) is 0 Å². The van der Waals surface area contributed by atoms with Crippen LogP contribution in [0.25, 0.3) is 0 Å². The molecule has 0 aromatic heterocycles. The highest BCUT2D eigenvalue weighted by Gasteiger charge is 2.68. The Morgan fingerprint density at radius 1 is 1.40 bits per heavy atom. The average Bonchev–Trinajstić information content (AvgIpc) is 2.54. The number of carbonyl (C=O) groups excluding carboxylic acids is 1. The van der Waals surface area contributed by atoms with Crippen molar-refractivity contribution >= 4 is 5.78 Å². The van der Waals surface area contributed by atoms with Crippen molar-refractivity contribution in [2.45, 2.75) is 36.8 Å². The van der Waals surface area contributed by atoms with Gasteiger partial charge in [0.15, 0.2) is 11.4 Å². The molecule has 6 heteroatoms. The highest BCUT2D eigenvalue weighted by Crippen LogP contribution is 2.52. The minimum absolute atomic E-state index is 0.0823. The van der Waals surface area contributed by atoms with E-state index in [1.54, 1.807) is 6.07 Å². The monoisotopic (exact) mass is 279 g/mol. The van der Waals surface area contributed by atoms with Gasteiger partial charge in [-0.25, -0.2) is 4.39 Å². The molecule has 3 rings (SSSR count). The maximum absolute atomic E-state index is 14.0. The van der Waals surface area contributed by atoms with Crippen LogP contribution < -0.4 is 0 Å². The molecule has 106 valence electrons. The van der Waals surface area contributed by atoms with E-state index in [2.05, 4.69) is 0 Å². The lowest BCUT2D eigenvalue weighted by Crippen LogP contribution is -2.49. The van der Waals surface area contributed by atoms with Gasteiger partial charge in [-0.05, 0) is 30.9 Å². The molecule has 20 heavy (non-hydrogen) atoms. The predicted molar refractivity (Wildman–Crippen MR) is 67.2 cm³/mol. The Morgan fingerprint density at radius 3 is 2.75 bits per heavy atom. The van der Waals surface area contributed by atoms with Gasteiger partial charge in [-0.3, -0.25) is 14.9 Å². The molecule has 1 aromatic rings. The normalized spacial score (nSPS) is 36.1. The number of aliphatic hydroxyl groups is 1. The third-order valence-corrected chi connectivity index (χ3v) is 4.59. The summed E-state index contributed by atoms with van der Waals surface area (Å²) in [6.45, 7) is 0. The van der Waals surface area contributed by atoms with Gasteiger partial charge in [0.1, 0.15) is 5.82 Å². The van der Waals surface area contributed by atoms with E-state index in [0.29, 0.717) is 12.8 Å². The summed E-state index contributed by atoms with van der Waals surface area (Å²) >= 11 is 0. The van der Waals surface area contributed by atoms with Crippen molar-refractivity contribution in [2.24, 2.45) is 5.92 Å². The molecule has 0 unspecified atom stereocenters. The first-order valence-electron chi connectivity index (χ1n) is 6.61. The lowest BCUT2D eigenvalue weighted by Gasteiger charge is -2.25. The molecule has 0 heterocycles. The number of halogens is 1. The fourth-order valence-electron chi connectivity index (χ4n) is 3.76. The molecule has 2 saturated carbocycles. The molecule has 1 N–H and O–H groups in total. The van der Waals surface area contributed by atoms with E-state index < -0.39 is 40.0 Å². The summed E-state index contributed by atoms with van der Waals surface area (Å²) in [5.41, 5.74) is -1.79. The Balaban J connectivity index is 2.16. The lowest BCUT2D eigenvalue weighted by atomic mass is 9.82. The number of hydrogen-bond donors (Lipinski definition) is 1. The van der Waals surface area contributed by atoms with Gasteiger partial charge >= 0.3 is 0 Å². The zero-order chi connectivity index (χ0) is 14.5. The first kappa shape index (κ1) is 13.2. The van der Waals surface area contributed by atoms with Crippen LogP contribution in [0.15, 0.2) is 24.3 Å². The molecular formula is C14H14FNO4. The Hall–Kier alpha value is -1.82. The quantitative estimate of drug-likeness (QED) is 0.659. The average molecular weight is 279 g/mol. The highest BCUT2D eigenvalue weighted by molar-refractivity contribution is 5.94. The standard InChI is InChI=1S/C14H14FNO4/c15-10-6-2-1-4-8(10)11-9-5-3-7-14(18,13(9)17)12(11)16(19)20/h1-2,4,6,9,11-12,18H,3,5,7H2/t9-,11-,12-,14-/m1/s1. The fourth-order valence-corrected chi connectivity index (χ4v) is 3.76. The van der Waals surface area contributed by atoms with E-state index in [1.807, 2.05) is 0 Å². The van der Waals surface area contributed by atoms with Gasteiger partial charge in [0.25, 0.3) is 6.04 Å². The van der Waals surface area contributed by atoms with Crippen molar-refractivity contribution in [3.8, 4) is 0 Å². The van der Waals surface area contributed by atoms with E-state index in [9.17, 15) is 24.4 Å². The van der Waals surface area contributed by atoms with E-state index >= 15 is 0 Å². The SMILES string of the molecule is O=C1[C@@H]2CCC[C@@]1(O)[C@H]([N+](=O)[O-])[C@@H]2c1ccccc1F. The Labute approximate surface area is 114 Å². The third-order valence-electron chi connectivity index (χ3n) is 4.59. The van der Waals surface area contributed by atoms with Crippen LogP contribution in [0.1, 0.15) is 30.7 Å². The fraction of sp³-hybridized carbons (Fsp3) is 0.500. The summed E-state index contributed by atoms with van der Waals surface area (Å²) in [5.74, 6) is -2.61. The van der Waals surface area contributed by atoms with Crippen LogP contribution in [0.4, 0.5) is 4.39 Å². The number of Topliss-reactive ketones (excluding diaryl/α,β-unsaturated/α-hetero) is 1. The molecular weight excluding hydrogens is 265 g/mol. The molecule has 2 fully saturated rings. The number of fused-ring (bicyclic) bond motifs is 2. The summed E-state index contributed by atoms with van der Waals surface area (Å²) in [4.78, 5) is 23.0. The van der Waals surface area contributed by atoms with Crippen LogP contribution in [-0.4, -0.2) is 27.5 Å². The van der Waals surface area contributed by atoms with Crippen LogP contribution in [-0.2, 0) is 4.79 Å². The molecule has 0 saturated heterocycles. The van der Waals surface area contributed by atoms with Gasteiger partial charge in [-0.15, -0.1) is 0 Å². The summed E-state index contributed by atoms with van der Waals surface area (Å²) in [7, 11) is 0. The van der Waals surface area contributed by atoms with Gasteiger partial charge in [0, 0.05) is 10.8 Å². The Morgan fingerprint density at radius 2 is 2.10 bits per heavy atom. The maximum atomic E-state index is 14.0. The molecule has 0 spiro atoms. The molecule has 0 amide bonds. The summed E-state index contributed by atoms with van der Waals surface area (Å²) in [6.07, 6.45) is 1.09. The summed E-state index contributed by atoms with van der Waals surface area (Å²) in [6, 6.07) is 4.32. The van der Waals surface area contributed by atoms with Crippen LogP contribution in [0.5, 0.6) is 0 Å². The van der Waals surface area contributed by atoms with Gasteiger partial charge in [-0.2, -0.15) is 0 Å². The first-order valence-corrected chi connectivity index (χ1v) is 6.61. The van der Waals surface area contributed by atoms with Crippen molar-refractivity contribution in [3.63, 3.8) is 0 Å². The van der Waals surface area contributed by atoms with Crippen LogP contribution >= 0.6 is 0 Å². The number of nitro groups is 1. The van der Waals surface area contributed by atoms with Gasteiger partial charge in [0.2, 0.25) is 0 Å². The van der Waals surface area contributed by atoms with Crippen LogP contribution in [0.3, 0.4) is 0 Å². The van der Waals surface area contributed by atoms with E-state index in [1.165, 1.54) is 18.2 Å². The second-order valence-electron chi connectivity index (χ2n) is 5.56. The lowest BCUT2D eigenvalue weighted by molar-refractivity contribution is -0.542. The van der Waals surface area contributed by atoms with E-state index in [-0.39, 0.29) is 12.0 Å². The molecule has 4 atom stereocenters. The number of nitrogens with zero attached hydrogens (tertiary/aromatic N) is 1. The third kappa shape index (κ3) is 1.61. The van der Waals surface area contributed by atoms with Gasteiger partial charge in [-0.1, -0.05) is 18.2 Å². The Kier molecular flexibility index (Phi) is 2.86. The molecule has 2 aliphatic rings. The predicted octanol–water partition coefficient (Wildman–Crippen LogP) is 1.67. The smallest absolute Gasteiger partial charge is 0.255 e. The largest absolute Gasteiger partial charge is 0.376 e. The number of hydrogen-bond acceptors (Lipinski definition) is 4. The van der Waals surface area contributed by atoms with E-state index in [0.717, 1.165) is 0 Å². The van der Waals surface area contributed by atoms with Gasteiger partial charge < -0.3 is 5.11 Å². The van der Waals surface area contributed by atoms with Gasteiger partial charge in [0.05, 0.1) is 5.92 Å². The topological polar surface area (TPSA) is 80.4 Å². The summed E-state index contributed by atoms with van der Waals surface area (Å²) < 4.78 is 14.0. The minimum atomic E-state index is -1.95.